The van der Waals surface area contributed by atoms with Crippen LogP contribution in [0.3, 0.4) is 0 Å². The van der Waals surface area contributed by atoms with Crippen molar-refractivity contribution in [3.05, 3.63) is 51.0 Å². The standard InChI is InChI=1S/C18H23N3O3S/c1-11-16(25-13(3)19-11)12(2)20-18(23)21(4)10-14-6-8-15(9-7-14)17(22)24-5/h6-9,12H,10H2,1-5H3,(H,20,23). The third-order valence-corrected chi connectivity index (χ3v) is 5.07. The first-order chi connectivity index (χ1) is 11.8. The van der Waals surface area contributed by atoms with Gasteiger partial charge in [-0.3, -0.25) is 0 Å². The second kappa shape index (κ2) is 8.11. The van der Waals surface area contributed by atoms with E-state index < -0.39 is 0 Å². The van der Waals surface area contributed by atoms with Gasteiger partial charge in [0, 0.05) is 18.5 Å². The number of methoxy groups -OCH3 is 1. The van der Waals surface area contributed by atoms with Gasteiger partial charge < -0.3 is 15.0 Å². The van der Waals surface area contributed by atoms with Crippen molar-refractivity contribution in [1.82, 2.24) is 15.2 Å². The van der Waals surface area contributed by atoms with Crippen LogP contribution in [0.1, 0.15) is 44.5 Å². The van der Waals surface area contributed by atoms with Crippen LogP contribution in [0.5, 0.6) is 0 Å². The van der Waals surface area contributed by atoms with Gasteiger partial charge in [-0.2, -0.15) is 0 Å². The first-order valence-electron chi connectivity index (χ1n) is 7.94. The van der Waals surface area contributed by atoms with E-state index in [-0.39, 0.29) is 18.0 Å². The zero-order valence-electron chi connectivity index (χ0n) is 15.1. The van der Waals surface area contributed by atoms with Crippen LogP contribution in [-0.2, 0) is 11.3 Å². The summed E-state index contributed by atoms with van der Waals surface area (Å²) >= 11 is 1.60. The maximum absolute atomic E-state index is 12.4. The summed E-state index contributed by atoms with van der Waals surface area (Å²) in [4.78, 5) is 30.9. The van der Waals surface area contributed by atoms with Gasteiger partial charge in [-0.15, -0.1) is 11.3 Å². The van der Waals surface area contributed by atoms with Gasteiger partial charge in [0.25, 0.3) is 0 Å². The average Bonchev–Trinajstić information content (AvgIpc) is 2.93. The van der Waals surface area contributed by atoms with Crippen LogP contribution >= 0.6 is 11.3 Å². The molecular weight excluding hydrogens is 338 g/mol. The third-order valence-electron chi connectivity index (χ3n) is 3.81. The summed E-state index contributed by atoms with van der Waals surface area (Å²) in [6, 6.07) is 6.77. The predicted molar refractivity (Wildman–Crippen MR) is 97.8 cm³/mol. The van der Waals surface area contributed by atoms with Crippen molar-refractivity contribution in [2.24, 2.45) is 0 Å². The first-order valence-corrected chi connectivity index (χ1v) is 8.76. The molecule has 25 heavy (non-hydrogen) atoms. The average molecular weight is 361 g/mol. The maximum Gasteiger partial charge on any atom is 0.337 e. The van der Waals surface area contributed by atoms with Gasteiger partial charge in [-0.1, -0.05) is 12.1 Å². The zero-order chi connectivity index (χ0) is 18.6. The highest BCUT2D eigenvalue weighted by Crippen LogP contribution is 2.24. The summed E-state index contributed by atoms with van der Waals surface area (Å²) in [5.41, 5.74) is 2.38. The fourth-order valence-corrected chi connectivity index (χ4v) is 3.45. The molecule has 2 rings (SSSR count). The van der Waals surface area contributed by atoms with E-state index in [9.17, 15) is 9.59 Å². The number of hydrogen-bond acceptors (Lipinski definition) is 5. The lowest BCUT2D eigenvalue weighted by molar-refractivity contribution is 0.0600. The molecule has 0 fully saturated rings. The summed E-state index contributed by atoms with van der Waals surface area (Å²) in [5, 5.41) is 3.99. The maximum atomic E-state index is 12.4. The van der Waals surface area contributed by atoms with Crippen molar-refractivity contribution in [2.75, 3.05) is 14.2 Å². The van der Waals surface area contributed by atoms with E-state index >= 15 is 0 Å². The summed E-state index contributed by atoms with van der Waals surface area (Å²) < 4.78 is 4.67. The quantitative estimate of drug-likeness (QED) is 0.828. The summed E-state index contributed by atoms with van der Waals surface area (Å²) in [5.74, 6) is -0.373. The Kier molecular flexibility index (Phi) is 6.14. The van der Waals surface area contributed by atoms with E-state index in [1.807, 2.05) is 32.9 Å². The summed E-state index contributed by atoms with van der Waals surface area (Å²) in [6.45, 7) is 6.31. The van der Waals surface area contributed by atoms with E-state index in [4.69, 9.17) is 0 Å². The number of hydrogen-bond donors (Lipinski definition) is 1. The molecule has 0 radical (unpaired) electrons. The van der Waals surface area contributed by atoms with Crippen molar-refractivity contribution in [1.29, 1.82) is 0 Å². The molecule has 0 aliphatic heterocycles. The number of carbonyl (C=O) groups is 2. The molecule has 134 valence electrons. The number of benzene rings is 1. The monoisotopic (exact) mass is 361 g/mol. The molecule has 0 saturated heterocycles. The summed E-state index contributed by atoms with van der Waals surface area (Å²) in [7, 11) is 3.09. The van der Waals surface area contributed by atoms with Gasteiger partial charge in [-0.05, 0) is 38.5 Å². The Hall–Kier alpha value is -2.41. The number of esters is 1. The van der Waals surface area contributed by atoms with Crippen molar-refractivity contribution >= 4 is 23.3 Å². The second-order valence-electron chi connectivity index (χ2n) is 5.90. The van der Waals surface area contributed by atoms with Gasteiger partial charge in [0.05, 0.1) is 29.4 Å². The molecule has 2 amide bonds. The summed E-state index contributed by atoms with van der Waals surface area (Å²) in [6.07, 6.45) is 0. The molecule has 1 N–H and O–H groups in total. The predicted octanol–water partition coefficient (Wildman–Crippen LogP) is 3.45. The molecule has 0 aliphatic rings. The van der Waals surface area contributed by atoms with Crippen molar-refractivity contribution in [2.45, 2.75) is 33.4 Å². The lowest BCUT2D eigenvalue weighted by Gasteiger charge is -2.21. The topological polar surface area (TPSA) is 71.5 Å². The molecule has 0 saturated carbocycles. The van der Waals surface area contributed by atoms with E-state index in [2.05, 4.69) is 15.0 Å². The molecule has 0 bridgehead atoms. The van der Waals surface area contributed by atoms with Crippen LogP contribution in [0.25, 0.3) is 0 Å². The van der Waals surface area contributed by atoms with Crippen molar-refractivity contribution < 1.29 is 14.3 Å². The molecule has 1 atom stereocenters. The molecule has 1 unspecified atom stereocenters. The van der Waals surface area contributed by atoms with Gasteiger partial charge >= 0.3 is 12.0 Å². The number of aryl methyl sites for hydroxylation is 2. The molecule has 1 aromatic heterocycles. The van der Waals surface area contributed by atoms with Crippen LogP contribution in [-0.4, -0.2) is 36.0 Å². The number of thiazole rings is 1. The lowest BCUT2D eigenvalue weighted by atomic mass is 10.1. The molecule has 1 heterocycles. The Balaban J connectivity index is 1.95. The fraction of sp³-hybridized carbons (Fsp3) is 0.389. The van der Waals surface area contributed by atoms with Crippen LogP contribution in [0, 0.1) is 13.8 Å². The Morgan fingerprint density at radius 3 is 2.44 bits per heavy atom. The number of ether oxygens (including phenoxy) is 1. The molecule has 2 aromatic rings. The smallest absolute Gasteiger partial charge is 0.337 e. The van der Waals surface area contributed by atoms with Crippen LogP contribution in [0.4, 0.5) is 4.79 Å². The van der Waals surface area contributed by atoms with E-state index in [1.54, 1.807) is 35.4 Å². The minimum absolute atomic E-state index is 0.0946. The van der Waals surface area contributed by atoms with E-state index in [0.29, 0.717) is 12.1 Å². The lowest BCUT2D eigenvalue weighted by Crippen LogP contribution is -2.38. The van der Waals surface area contributed by atoms with Crippen molar-refractivity contribution in [3.63, 3.8) is 0 Å². The number of urea groups is 1. The minimum Gasteiger partial charge on any atom is -0.465 e. The molecule has 0 spiro atoms. The third kappa shape index (κ3) is 4.79. The Labute approximate surface area is 151 Å². The van der Waals surface area contributed by atoms with Gasteiger partial charge in [0.15, 0.2) is 0 Å². The fourth-order valence-electron chi connectivity index (χ4n) is 2.52. The normalized spacial score (nSPS) is 11.7. The van der Waals surface area contributed by atoms with E-state index in [0.717, 1.165) is 21.1 Å². The molecular formula is C18H23N3O3S. The van der Waals surface area contributed by atoms with Crippen LogP contribution in [0.15, 0.2) is 24.3 Å². The first kappa shape index (κ1) is 18.9. The van der Waals surface area contributed by atoms with Gasteiger partial charge in [0.2, 0.25) is 0 Å². The molecule has 0 aliphatic carbocycles. The zero-order valence-corrected chi connectivity index (χ0v) is 15.9. The highest BCUT2D eigenvalue weighted by atomic mass is 32.1. The minimum atomic E-state index is -0.373. The number of amides is 2. The number of carbonyl (C=O) groups excluding carboxylic acids is 2. The second-order valence-corrected chi connectivity index (χ2v) is 7.13. The Morgan fingerprint density at radius 1 is 1.28 bits per heavy atom. The van der Waals surface area contributed by atoms with Crippen LogP contribution < -0.4 is 5.32 Å². The number of aromatic nitrogens is 1. The van der Waals surface area contributed by atoms with Crippen molar-refractivity contribution in [3.8, 4) is 0 Å². The number of rotatable bonds is 5. The SMILES string of the molecule is COC(=O)c1ccc(CN(C)C(=O)NC(C)c2sc(C)nc2C)cc1. The molecule has 7 heteroatoms. The largest absolute Gasteiger partial charge is 0.465 e. The number of nitrogens with one attached hydrogen (secondary N) is 1. The van der Waals surface area contributed by atoms with Gasteiger partial charge in [-0.25, -0.2) is 14.6 Å². The van der Waals surface area contributed by atoms with E-state index in [1.165, 1.54) is 7.11 Å². The highest BCUT2D eigenvalue weighted by molar-refractivity contribution is 7.11. The van der Waals surface area contributed by atoms with Gasteiger partial charge in [0.1, 0.15) is 0 Å². The Bertz CT molecular complexity index is 755. The molecule has 1 aromatic carbocycles. The number of nitrogens with zero attached hydrogens (tertiary/aromatic N) is 2. The highest BCUT2D eigenvalue weighted by Gasteiger charge is 2.17. The Morgan fingerprint density at radius 2 is 1.92 bits per heavy atom. The molecule has 6 nitrogen and oxygen atoms in total. The van der Waals surface area contributed by atoms with Crippen LogP contribution in [0.2, 0.25) is 0 Å².